The van der Waals surface area contributed by atoms with Crippen LogP contribution in [0.4, 0.5) is 0 Å². The Morgan fingerprint density at radius 2 is 2.29 bits per heavy atom. The first-order valence-electron chi connectivity index (χ1n) is 4.37. The Morgan fingerprint density at radius 1 is 1.50 bits per heavy atom. The van der Waals surface area contributed by atoms with E-state index in [0.717, 1.165) is 11.4 Å². The van der Waals surface area contributed by atoms with Crippen LogP contribution in [0.3, 0.4) is 0 Å². The second kappa shape index (κ2) is 5.07. The number of rotatable bonds is 2. The van der Waals surface area contributed by atoms with E-state index in [1.165, 1.54) is 0 Å². The van der Waals surface area contributed by atoms with Gasteiger partial charge in [0.1, 0.15) is 5.69 Å². The van der Waals surface area contributed by atoms with Gasteiger partial charge in [0.25, 0.3) is 0 Å². The fourth-order valence-electron chi connectivity index (χ4n) is 0.900. The number of hydrogen-bond donors (Lipinski definition) is 0. The summed E-state index contributed by atoms with van der Waals surface area (Å²) in [6, 6.07) is 5.61. The number of hydrogen-bond acceptors (Lipinski definition) is 2. The summed E-state index contributed by atoms with van der Waals surface area (Å²) in [7, 11) is 0. The molecular weight excluding hydrogens is 174 g/mol. The summed E-state index contributed by atoms with van der Waals surface area (Å²) in [4.78, 5) is 12.3. The molecule has 3 heteroatoms. The number of nitrogens with zero attached hydrogens (tertiary/aromatic N) is 3. The van der Waals surface area contributed by atoms with Gasteiger partial charge in [-0.3, -0.25) is 4.98 Å². The average Bonchev–Trinajstić information content (AvgIpc) is 2.26. The highest BCUT2D eigenvalue weighted by atomic mass is 14.9. The van der Waals surface area contributed by atoms with E-state index in [9.17, 15) is 0 Å². The molecule has 0 aromatic carbocycles. The van der Waals surface area contributed by atoms with E-state index in [2.05, 4.69) is 21.7 Å². The molecule has 0 atom stereocenters. The monoisotopic (exact) mass is 187 g/mol. The third-order valence-electron chi connectivity index (χ3n) is 1.74. The lowest BCUT2D eigenvalue weighted by atomic mass is 10.3. The molecule has 0 amide bonds. The molecule has 1 heterocycles. The van der Waals surface area contributed by atoms with Gasteiger partial charge in [0.05, 0.1) is 0 Å². The van der Waals surface area contributed by atoms with Crippen molar-refractivity contribution in [1.29, 1.82) is 0 Å². The van der Waals surface area contributed by atoms with Gasteiger partial charge in [-0.05, 0) is 32.7 Å². The topological polar surface area (TPSA) is 37.6 Å². The van der Waals surface area contributed by atoms with Gasteiger partial charge in [-0.25, -0.2) is 9.98 Å². The van der Waals surface area contributed by atoms with Crippen molar-refractivity contribution in [3.8, 4) is 0 Å². The number of pyridine rings is 1. The molecule has 14 heavy (non-hydrogen) atoms. The molecule has 0 aliphatic carbocycles. The Balaban J connectivity index is 3.05. The van der Waals surface area contributed by atoms with Gasteiger partial charge in [-0.2, -0.15) is 0 Å². The highest BCUT2D eigenvalue weighted by molar-refractivity contribution is 6.00. The van der Waals surface area contributed by atoms with Gasteiger partial charge in [0.15, 0.2) is 5.84 Å². The first kappa shape index (κ1) is 10.3. The summed E-state index contributed by atoms with van der Waals surface area (Å²) < 4.78 is 0. The molecule has 0 saturated heterocycles. The van der Waals surface area contributed by atoms with E-state index < -0.39 is 0 Å². The maximum Gasteiger partial charge on any atom is 0.177 e. The van der Waals surface area contributed by atoms with Gasteiger partial charge in [-0.15, -0.1) is 0 Å². The van der Waals surface area contributed by atoms with E-state index >= 15 is 0 Å². The van der Waals surface area contributed by atoms with Gasteiger partial charge < -0.3 is 0 Å². The fraction of sp³-hybridized carbons (Fsp3) is 0.182. The molecule has 1 rings (SSSR count). The van der Waals surface area contributed by atoms with Crippen LogP contribution in [-0.2, 0) is 0 Å². The lowest BCUT2D eigenvalue weighted by Crippen LogP contribution is -1.99. The largest absolute Gasteiger partial charge is 0.253 e. The van der Waals surface area contributed by atoms with Crippen molar-refractivity contribution in [1.82, 2.24) is 4.98 Å². The Hall–Kier alpha value is -1.77. The normalized spacial score (nSPS) is 12.7. The van der Waals surface area contributed by atoms with E-state index in [1.807, 2.05) is 38.1 Å². The van der Waals surface area contributed by atoms with Crippen LogP contribution >= 0.6 is 0 Å². The molecule has 0 unspecified atom stereocenters. The van der Waals surface area contributed by atoms with Crippen LogP contribution in [-0.4, -0.2) is 17.5 Å². The first-order valence-corrected chi connectivity index (χ1v) is 4.37. The minimum absolute atomic E-state index is 0.557. The standard InChI is InChI=1S/C11H13N3/c1-4-9(2)14-11(12-3)10-7-5-6-8-13-10/h4-8H,3H2,1-2H3/b9-4-,14-11-. The molecule has 0 aliphatic heterocycles. The molecule has 0 bridgehead atoms. The molecule has 3 nitrogen and oxygen atoms in total. The lowest BCUT2D eigenvalue weighted by molar-refractivity contribution is 1.23. The van der Waals surface area contributed by atoms with Crippen LogP contribution in [0.1, 0.15) is 19.5 Å². The van der Waals surface area contributed by atoms with Crippen LogP contribution in [0.2, 0.25) is 0 Å². The molecular formula is C11H13N3. The van der Waals surface area contributed by atoms with E-state index in [0.29, 0.717) is 5.84 Å². The van der Waals surface area contributed by atoms with Crippen LogP contribution < -0.4 is 0 Å². The molecule has 0 radical (unpaired) electrons. The van der Waals surface area contributed by atoms with Crippen molar-refractivity contribution in [3.05, 3.63) is 41.9 Å². The van der Waals surface area contributed by atoms with E-state index in [4.69, 9.17) is 0 Å². The minimum atomic E-state index is 0.557. The Morgan fingerprint density at radius 3 is 2.79 bits per heavy atom. The number of allylic oxidation sites excluding steroid dienone is 2. The highest BCUT2D eigenvalue weighted by Crippen LogP contribution is 2.02. The molecule has 0 aliphatic rings. The lowest BCUT2D eigenvalue weighted by Gasteiger charge is -1.98. The third-order valence-corrected chi connectivity index (χ3v) is 1.74. The van der Waals surface area contributed by atoms with Crippen molar-refractivity contribution < 1.29 is 0 Å². The molecule has 1 aromatic heterocycles. The second-order valence-electron chi connectivity index (χ2n) is 2.74. The first-order chi connectivity index (χ1) is 6.77. The predicted molar refractivity (Wildman–Crippen MR) is 59.8 cm³/mol. The van der Waals surface area contributed by atoms with Crippen LogP contribution in [0.15, 0.2) is 46.2 Å². The highest BCUT2D eigenvalue weighted by Gasteiger charge is 2.00. The zero-order valence-corrected chi connectivity index (χ0v) is 8.44. The van der Waals surface area contributed by atoms with E-state index in [-0.39, 0.29) is 0 Å². The van der Waals surface area contributed by atoms with Gasteiger partial charge in [0.2, 0.25) is 0 Å². The van der Waals surface area contributed by atoms with Crippen molar-refractivity contribution in [3.63, 3.8) is 0 Å². The summed E-state index contributed by atoms with van der Waals surface area (Å²) >= 11 is 0. The van der Waals surface area contributed by atoms with Crippen molar-refractivity contribution in [2.24, 2.45) is 9.98 Å². The number of aliphatic imine (C=N–C) groups is 2. The molecule has 0 N–H and O–H groups in total. The van der Waals surface area contributed by atoms with Gasteiger partial charge in [0, 0.05) is 11.9 Å². The fourth-order valence-corrected chi connectivity index (χ4v) is 0.900. The summed E-state index contributed by atoms with van der Waals surface area (Å²) in [5.74, 6) is 0.557. The Bertz CT molecular complexity index is 363. The zero-order valence-electron chi connectivity index (χ0n) is 8.44. The average molecular weight is 187 g/mol. The van der Waals surface area contributed by atoms with E-state index in [1.54, 1.807) is 6.20 Å². The van der Waals surface area contributed by atoms with Gasteiger partial charge >= 0.3 is 0 Å². The Kier molecular flexibility index (Phi) is 3.73. The van der Waals surface area contributed by atoms with Crippen LogP contribution in [0, 0.1) is 0 Å². The molecule has 0 spiro atoms. The van der Waals surface area contributed by atoms with Crippen LogP contribution in [0.25, 0.3) is 0 Å². The molecule has 0 fully saturated rings. The summed E-state index contributed by atoms with van der Waals surface area (Å²) in [6.07, 6.45) is 3.62. The Labute approximate surface area is 83.9 Å². The van der Waals surface area contributed by atoms with Gasteiger partial charge in [-0.1, -0.05) is 12.1 Å². The number of amidine groups is 1. The van der Waals surface area contributed by atoms with Crippen molar-refractivity contribution in [2.75, 3.05) is 0 Å². The van der Waals surface area contributed by atoms with Crippen molar-refractivity contribution >= 4 is 12.6 Å². The SMILES string of the molecule is C=N/C(=N\C(C)=C/C)c1ccccn1. The molecule has 1 aromatic rings. The molecule has 72 valence electrons. The maximum atomic E-state index is 4.27. The minimum Gasteiger partial charge on any atom is -0.253 e. The maximum absolute atomic E-state index is 4.27. The summed E-state index contributed by atoms with van der Waals surface area (Å²) in [5, 5.41) is 0. The van der Waals surface area contributed by atoms with Crippen molar-refractivity contribution in [2.45, 2.75) is 13.8 Å². The third kappa shape index (κ3) is 2.62. The number of aromatic nitrogens is 1. The summed E-state index contributed by atoms with van der Waals surface area (Å²) in [6.45, 7) is 7.32. The summed E-state index contributed by atoms with van der Waals surface area (Å²) in [5.41, 5.74) is 1.64. The quantitative estimate of drug-likeness (QED) is 0.517. The molecule has 0 saturated carbocycles. The zero-order chi connectivity index (χ0) is 10.4. The second-order valence-corrected chi connectivity index (χ2v) is 2.74. The smallest absolute Gasteiger partial charge is 0.177 e. The van der Waals surface area contributed by atoms with Crippen LogP contribution in [0.5, 0.6) is 0 Å². The predicted octanol–water partition coefficient (Wildman–Crippen LogP) is 2.45.